The molecular weight excluding hydrogens is 326 g/mol. The summed E-state index contributed by atoms with van der Waals surface area (Å²) in [5.74, 6) is 0.875. The molecule has 1 aromatic carbocycles. The summed E-state index contributed by atoms with van der Waals surface area (Å²) in [5, 5.41) is 7.15. The van der Waals surface area contributed by atoms with Gasteiger partial charge in [0.25, 0.3) is 5.91 Å². The van der Waals surface area contributed by atoms with Crippen LogP contribution in [0, 0.1) is 0 Å². The Balaban J connectivity index is 1.82. The maximum absolute atomic E-state index is 11.9. The number of carbonyl (C=O) groups is 1. The predicted octanol–water partition coefficient (Wildman–Crippen LogP) is 1.12. The zero-order valence-electron chi connectivity index (χ0n) is 13.5. The molecular formula is C16H21N5O2S. The van der Waals surface area contributed by atoms with Gasteiger partial charge in [0.15, 0.2) is 11.0 Å². The van der Waals surface area contributed by atoms with E-state index in [-0.39, 0.29) is 6.10 Å². The summed E-state index contributed by atoms with van der Waals surface area (Å²) in [5.41, 5.74) is 6.92. The molecule has 1 saturated heterocycles. The van der Waals surface area contributed by atoms with E-state index in [4.69, 9.17) is 10.5 Å². The lowest BCUT2D eigenvalue weighted by atomic mass is 10.3. The van der Waals surface area contributed by atoms with Crippen molar-refractivity contribution >= 4 is 28.5 Å². The molecule has 24 heavy (non-hydrogen) atoms. The Bertz CT molecular complexity index is 658. The highest BCUT2D eigenvalue weighted by molar-refractivity contribution is 8.14. The van der Waals surface area contributed by atoms with E-state index < -0.39 is 5.91 Å². The van der Waals surface area contributed by atoms with E-state index in [0.717, 1.165) is 23.2 Å². The summed E-state index contributed by atoms with van der Waals surface area (Å²) in [6.07, 6.45) is 0.177. The Labute approximate surface area is 145 Å². The van der Waals surface area contributed by atoms with Gasteiger partial charge in [0.05, 0.1) is 19.4 Å². The molecule has 1 unspecified atom stereocenters. The number of hydrogen-bond donors (Lipinski definition) is 3. The number of carbonyl (C=O) groups excluding carboxylic acids is 1. The second-order valence-electron chi connectivity index (χ2n) is 5.42. The second kappa shape index (κ2) is 7.59. The monoisotopic (exact) mass is 347 g/mol. The average molecular weight is 347 g/mol. The van der Waals surface area contributed by atoms with Crippen LogP contribution in [-0.2, 0) is 9.53 Å². The van der Waals surface area contributed by atoms with E-state index in [9.17, 15) is 4.79 Å². The molecule has 2 aliphatic heterocycles. The minimum absolute atomic E-state index is 0.177. The van der Waals surface area contributed by atoms with Crippen LogP contribution in [-0.4, -0.2) is 47.7 Å². The van der Waals surface area contributed by atoms with Gasteiger partial charge in [-0.2, -0.15) is 0 Å². The van der Waals surface area contributed by atoms with Gasteiger partial charge in [-0.05, 0) is 17.9 Å². The van der Waals surface area contributed by atoms with Crippen molar-refractivity contribution in [2.75, 3.05) is 30.9 Å². The lowest BCUT2D eigenvalue weighted by molar-refractivity contribution is -0.115. The summed E-state index contributed by atoms with van der Waals surface area (Å²) in [7, 11) is 0. The predicted molar refractivity (Wildman–Crippen MR) is 96.3 cm³/mol. The lowest BCUT2D eigenvalue weighted by Gasteiger charge is -2.17. The molecule has 1 fully saturated rings. The van der Waals surface area contributed by atoms with Crippen LogP contribution in [0.5, 0.6) is 0 Å². The molecule has 0 aromatic heterocycles. The molecule has 1 amide bonds. The molecule has 4 N–H and O–H groups in total. The van der Waals surface area contributed by atoms with Crippen molar-refractivity contribution < 1.29 is 9.53 Å². The third kappa shape index (κ3) is 4.21. The first kappa shape index (κ1) is 16.7. The fraction of sp³-hybridized carbons (Fsp3) is 0.375. The topological polar surface area (TPSA) is 95.3 Å². The second-order valence-corrected chi connectivity index (χ2v) is 6.67. The zero-order chi connectivity index (χ0) is 16.9. The van der Waals surface area contributed by atoms with Crippen LogP contribution in [0.15, 0.2) is 46.8 Å². The number of benzene rings is 1. The highest BCUT2D eigenvalue weighted by Crippen LogP contribution is 2.22. The number of rotatable bonds is 6. The molecule has 1 aromatic rings. The fourth-order valence-electron chi connectivity index (χ4n) is 2.40. The van der Waals surface area contributed by atoms with Crippen molar-refractivity contribution in [3.63, 3.8) is 0 Å². The number of nitrogens with zero attached hydrogens (tertiary/aromatic N) is 2. The average Bonchev–Trinajstić information content (AvgIpc) is 3.28. The highest BCUT2D eigenvalue weighted by Gasteiger charge is 2.33. The van der Waals surface area contributed by atoms with Crippen LogP contribution in [0.3, 0.4) is 0 Å². The first-order valence-corrected chi connectivity index (χ1v) is 8.84. The Hall–Kier alpha value is -2.19. The van der Waals surface area contributed by atoms with Gasteiger partial charge in [0, 0.05) is 12.2 Å². The number of nitrogens with two attached hydrogens (primary N) is 1. The summed E-state index contributed by atoms with van der Waals surface area (Å²) in [4.78, 5) is 18.3. The van der Waals surface area contributed by atoms with Crippen molar-refractivity contribution in [1.29, 1.82) is 0 Å². The molecule has 0 saturated carbocycles. The molecule has 128 valence electrons. The van der Waals surface area contributed by atoms with Gasteiger partial charge >= 0.3 is 0 Å². The number of epoxide rings is 1. The molecule has 1 atom stereocenters. The maximum atomic E-state index is 11.9. The summed E-state index contributed by atoms with van der Waals surface area (Å²) in [6, 6.07) is 9.80. The lowest BCUT2D eigenvalue weighted by Crippen LogP contribution is -2.33. The SMILES string of the molecule is CCSC(=NC1=C(C(N)=O)N(CC2CO2)CN1)Nc1ccccc1. The number of thioether (sulfide) groups is 1. The summed E-state index contributed by atoms with van der Waals surface area (Å²) in [6.45, 7) is 3.93. The van der Waals surface area contributed by atoms with Gasteiger partial charge in [0.2, 0.25) is 0 Å². The van der Waals surface area contributed by atoms with Crippen LogP contribution in [0.1, 0.15) is 6.92 Å². The molecule has 0 aliphatic carbocycles. The smallest absolute Gasteiger partial charge is 0.268 e. The van der Waals surface area contributed by atoms with Gasteiger partial charge in [0.1, 0.15) is 5.70 Å². The van der Waals surface area contributed by atoms with E-state index in [1.165, 1.54) is 0 Å². The minimum atomic E-state index is -0.486. The van der Waals surface area contributed by atoms with Crippen molar-refractivity contribution in [3.8, 4) is 0 Å². The first-order valence-electron chi connectivity index (χ1n) is 7.85. The van der Waals surface area contributed by atoms with Crippen molar-refractivity contribution in [3.05, 3.63) is 41.8 Å². The minimum Gasteiger partial charge on any atom is -0.371 e. The molecule has 0 spiro atoms. The van der Waals surface area contributed by atoms with Crippen molar-refractivity contribution in [2.45, 2.75) is 13.0 Å². The summed E-state index contributed by atoms with van der Waals surface area (Å²) >= 11 is 1.57. The van der Waals surface area contributed by atoms with E-state index in [2.05, 4.69) is 22.5 Å². The third-order valence-electron chi connectivity index (χ3n) is 3.56. The van der Waals surface area contributed by atoms with Crippen LogP contribution >= 0.6 is 11.8 Å². The molecule has 7 nitrogen and oxygen atoms in total. The van der Waals surface area contributed by atoms with Gasteiger partial charge < -0.3 is 26.0 Å². The largest absolute Gasteiger partial charge is 0.371 e. The number of para-hydroxylation sites is 1. The normalized spacial score (nSPS) is 20.1. The highest BCUT2D eigenvalue weighted by atomic mass is 32.2. The maximum Gasteiger partial charge on any atom is 0.268 e. The Kier molecular flexibility index (Phi) is 5.27. The van der Waals surface area contributed by atoms with E-state index >= 15 is 0 Å². The molecule has 2 aliphatic rings. The number of amidine groups is 1. The Morgan fingerprint density at radius 3 is 2.88 bits per heavy atom. The van der Waals surface area contributed by atoms with E-state index in [1.807, 2.05) is 35.2 Å². The molecule has 0 bridgehead atoms. The number of nitrogens with one attached hydrogen (secondary N) is 2. The molecule has 0 radical (unpaired) electrons. The van der Waals surface area contributed by atoms with E-state index in [0.29, 0.717) is 24.7 Å². The third-order valence-corrected chi connectivity index (χ3v) is 4.31. The number of hydrogen-bond acceptors (Lipinski definition) is 6. The van der Waals surface area contributed by atoms with E-state index in [1.54, 1.807) is 11.8 Å². The van der Waals surface area contributed by atoms with Gasteiger partial charge in [-0.15, -0.1) is 0 Å². The Morgan fingerprint density at radius 1 is 1.50 bits per heavy atom. The van der Waals surface area contributed by atoms with Crippen LogP contribution < -0.4 is 16.4 Å². The quantitative estimate of drug-likeness (QED) is 0.406. The van der Waals surface area contributed by atoms with Crippen LogP contribution in [0.2, 0.25) is 0 Å². The Morgan fingerprint density at radius 2 is 2.25 bits per heavy atom. The molecule has 2 heterocycles. The van der Waals surface area contributed by atoms with Crippen LogP contribution in [0.4, 0.5) is 5.69 Å². The number of primary amides is 1. The van der Waals surface area contributed by atoms with Gasteiger partial charge in [-0.3, -0.25) is 4.79 Å². The molecule has 8 heteroatoms. The standard InChI is InChI=1S/C16H21N5O2S/c1-2-24-16(19-11-6-4-3-5-7-11)20-15-13(14(17)22)21(10-18-15)8-12-9-23-12/h3-7,12,18H,2,8-10H2,1H3,(H2,17,22)(H,19,20). The fourth-order valence-corrected chi connectivity index (χ4v) is 3.02. The van der Waals surface area contributed by atoms with Gasteiger partial charge in [-0.25, -0.2) is 4.99 Å². The van der Waals surface area contributed by atoms with Crippen molar-refractivity contribution in [2.24, 2.45) is 10.7 Å². The van der Waals surface area contributed by atoms with Crippen molar-refractivity contribution in [1.82, 2.24) is 10.2 Å². The number of anilines is 1. The molecule has 3 rings (SSSR count). The first-order chi connectivity index (χ1) is 11.7. The number of aliphatic imine (C=N–C) groups is 1. The number of amides is 1. The van der Waals surface area contributed by atoms with Crippen LogP contribution in [0.25, 0.3) is 0 Å². The van der Waals surface area contributed by atoms with Gasteiger partial charge in [-0.1, -0.05) is 36.9 Å². The zero-order valence-corrected chi connectivity index (χ0v) is 14.3. The summed E-state index contributed by atoms with van der Waals surface area (Å²) < 4.78 is 5.24. The number of ether oxygens (including phenoxy) is 1.